The van der Waals surface area contributed by atoms with Crippen molar-refractivity contribution < 1.29 is 14.3 Å². The Bertz CT molecular complexity index is 964. The van der Waals surface area contributed by atoms with Crippen LogP contribution < -0.4 is 5.32 Å². The van der Waals surface area contributed by atoms with Crippen molar-refractivity contribution in [1.82, 2.24) is 9.78 Å². The van der Waals surface area contributed by atoms with Crippen molar-refractivity contribution in [1.29, 1.82) is 0 Å². The maximum absolute atomic E-state index is 12.4. The third kappa shape index (κ3) is 3.59. The molecule has 0 bridgehead atoms. The van der Waals surface area contributed by atoms with Gasteiger partial charge in [0.2, 0.25) is 0 Å². The maximum atomic E-state index is 12.4. The van der Waals surface area contributed by atoms with Crippen LogP contribution >= 0.6 is 22.9 Å². The summed E-state index contributed by atoms with van der Waals surface area (Å²) < 4.78 is 7.87. The molecule has 8 heteroatoms. The fraction of sp³-hybridized carbons (Fsp3) is 0.278. The number of aromatic nitrogens is 2. The zero-order valence-electron chi connectivity index (χ0n) is 14.5. The van der Waals surface area contributed by atoms with Gasteiger partial charge in [0.1, 0.15) is 10.7 Å². The molecule has 0 unspecified atom stereocenters. The van der Waals surface area contributed by atoms with Crippen molar-refractivity contribution in [2.75, 3.05) is 5.32 Å². The van der Waals surface area contributed by atoms with E-state index in [0.717, 1.165) is 10.1 Å². The molecule has 0 aliphatic carbocycles. The average molecular weight is 392 g/mol. The first-order chi connectivity index (χ1) is 12.4. The fourth-order valence-electron chi connectivity index (χ4n) is 2.47. The first kappa shape index (κ1) is 18.4. The van der Waals surface area contributed by atoms with Crippen LogP contribution in [0.4, 0.5) is 5.82 Å². The van der Waals surface area contributed by atoms with Crippen LogP contribution in [0.3, 0.4) is 0 Å². The monoisotopic (exact) mass is 391 g/mol. The third-order valence-corrected chi connectivity index (χ3v) is 5.44. The summed E-state index contributed by atoms with van der Waals surface area (Å²) in [7, 11) is 0. The molecule has 0 radical (unpaired) electrons. The van der Waals surface area contributed by atoms with Crippen LogP contribution in [0.2, 0.25) is 5.02 Å². The number of carbonyl (C=O) groups is 2. The Balaban J connectivity index is 1.71. The molecule has 1 aromatic carbocycles. The third-order valence-electron chi connectivity index (χ3n) is 3.78. The van der Waals surface area contributed by atoms with Crippen molar-refractivity contribution >= 4 is 50.7 Å². The summed E-state index contributed by atoms with van der Waals surface area (Å²) in [6.07, 6.45) is 0.628. The van der Waals surface area contributed by atoms with Crippen LogP contribution in [0.1, 0.15) is 36.5 Å². The van der Waals surface area contributed by atoms with Crippen LogP contribution in [-0.4, -0.2) is 27.8 Å². The summed E-state index contributed by atoms with van der Waals surface area (Å²) in [4.78, 5) is 25.1. The second-order valence-corrected chi connectivity index (χ2v) is 7.46. The largest absolute Gasteiger partial charge is 0.448 e. The Morgan fingerprint density at radius 1 is 1.23 bits per heavy atom. The number of ether oxygens (including phenoxy) is 1. The molecule has 0 spiro atoms. The van der Waals surface area contributed by atoms with Gasteiger partial charge in [0.05, 0.1) is 11.2 Å². The standard InChI is InChI=1S/C18H18ClN3O3S/c1-10(2)22-14(8-9-20-22)21-17(23)11(3)25-18(24)16-15(19)12-6-4-5-7-13(12)26-16/h4-11H,1-3H3,(H,21,23)/t11-/m1/s1. The summed E-state index contributed by atoms with van der Waals surface area (Å²) >= 11 is 7.53. The van der Waals surface area contributed by atoms with E-state index >= 15 is 0 Å². The van der Waals surface area contributed by atoms with E-state index in [4.69, 9.17) is 16.3 Å². The molecule has 6 nitrogen and oxygen atoms in total. The molecule has 2 heterocycles. The number of halogens is 1. The molecule has 0 aliphatic rings. The minimum atomic E-state index is -0.973. The minimum Gasteiger partial charge on any atom is -0.448 e. The number of hydrogen-bond acceptors (Lipinski definition) is 5. The minimum absolute atomic E-state index is 0.0931. The second-order valence-electron chi connectivity index (χ2n) is 6.03. The van der Waals surface area contributed by atoms with Crippen LogP contribution in [0.25, 0.3) is 10.1 Å². The highest BCUT2D eigenvalue weighted by molar-refractivity contribution is 7.21. The van der Waals surface area contributed by atoms with Crippen molar-refractivity contribution in [2.45, 2.75) is 32.9 Å². The molecule has 0 saturated carbocycles. The molecular formula is C18H18ClN3O3S. The van der Waals surface area contributed by atoms with E-state index in [1.165, 1.54) is 18.3 Å². The van der Waals surface area contributed by atoms with Gasteiger partial charge in [-0.3, -0.25) is 4.79 Å². The SMILES string of the molecule is CC(C)n1nccc1NC(=O)[C@@H](C)OC(=O)c1sc2ccccc2c1Cl. The summed E-state index contributed by atoms with van der Waals surface area (Å²) in [5.41, 5.74) is 0. The first-order valence-corrected chi connectivity index (χ1v) is 9.30. The molecule has 136 valence electrons. The number of anilines is 1. The molecule has 2 aromatic heterocycles. The van der Waals surface area contributed by atoms with E-state index < -0.39 is 18.0 Å². The molecule has 1 atom stereocenters. The van der Waals surface area contributed by atoms with Crippen LogP contribution in [0.5, 0.6) is 0 Å². The zero-order chi connectivity index (χ0) is 18.8. The normalized spacial score (nSPS) is 12.3. The number of carbonyl (C=O) groups excluding carboxylic acids is 2. The van der Waals surface area contributed by atoms with Gasteiger partial charge in [0.15, 0.2) is 6.10 Å². The number of nitrogens with zero attached hydrogens (tertiary/aromatic N) is 2. The number of nitrogens with one attached hydrogen (secondary N) is 1. The quantitative estimate of drug-likeness (QED) is 0.649. The van der Waals surface area contributed by atoms with Gasteiger partial charge in [-0.2, -0.15) is 5.10 Å². The van der Waals surface area contributed by atoms with E-state index in [1.54, 1.807) is 16.9 Å². The molecule has 0 saturated heterocycles. The van der Waals surface area contributed by atoms with Gasteiger partial charge < -0.3 is 10.1 Å². The second kappa shape index (κ2) is 7.47. The topological polar surface area (TPSA) is 73.2 Å². The molecule has 0 fully saturated rings. The summed E-state index contributed by atoms with van der Waals surface area (Å²) in [5.74, 6) is -0.498. The Kier molecular flexibility index (Phi) is 5.29. The summed E-state index contributed by atoms with van der Waals surface area (Å²) in [6, 6.07) is 9.23. The highest BCUT2D eigenvalue weighted by Gasteiger charge is 2.24. The number of hydrogen-bond donors (Lipinski definition) is 1. The molecule has 0 aliphatic heterocycles. The van der Waals surface area contributed by atoms with Gasteiger partial charge in [-0.15, -0.1) is 11.3 Å². The van der Waals surface area contributed by atoms with E-state index in [0.29, 0.717) is 15.7 Å². The van der Waals surface area contributed by atoms with Crippen molar-refractivity contribution in [3.8, 4) is 0 Å². The number of rotatable bonds is 5. The lowest BCUT2D eigenvalue weighted by atomic mass is 10.2. The Morgan fingerprint density at radius 2 is 1.96 bits per heavy atom. The van der Waals surface area contributed by atoms with Crippen LogP contribution in [0, 0.1) is 0 Å². The van der Waals surface area contributed by atoms with E-state index in [2.05, 4.69) is 10.4 Å². The Morgan fingerprint density at radius 3 is 2.65 bits per heavy atom. The first-order valence-electron chi connectivity index (χ1n) is 8.11. The number of fused-ring (bicyclic) bond motifs is 1. The van der Waals surface area contributed by atoms with Gasteiger partial charge in [0.25, 0.3) is 5.91 Å². The lowest BCUT2D eigenvalue weighted by Crippen LogP contribution is -2.30. The molecule has 3 aromatic rings. The lowest BCUT2D eigenvalue weighted by Gasteiger charge is -2.15. The van der Waals surface area contributed by atoms with E-state index in [1.807, 2.05) is 38.1 Å². The number of esters is 1. The highest BCUT2D eigenvalue weighted by atomic mass is 35.5. The predicted molar refractivity (Wildman–Crippen MR) is 103 cm³/mol. The maximum Gasteiger partial charge on any atom is 0.350 e. The highest BCUT2D eigenvalue weighted by Crippen LogP contribution is 2.35. The van der Waals surface area contributed by atoms with E-state index in [9.17, 15) is 9.59 Å². The van der Waals surface area contributed by atoms with Crippen molar-refractivity contribution in [2.24, 2.45) is 0 Å². The lowest BCUT2D eigenvalue weighted by molar-refractivity contribution is -0.123. The Labute approximate surface area is 159 Å². The van der Waals surface area contributed by atoms with Gasteiger partial charge >= 0.3 is 5.97 Å². The van der Waals surface area contributed by atoms with Crippen LogP contribution in [-0.2, 0) is 9.53 Å². The zero-order valence-corrected chi connectivity index (χ0v) is 16.1. The molecular weight excluding hydrogens is 374 g/mol. The fourth-order valence-corrected chi connectivity index (χ4v) is 3.86. The van der Waals surface area contributed by atoms with Gasteiger partial charge in [-0.05, 0) is 26.8 Å². The molecule has 26 heavy (non-hydrogen) atoms. The number of thiophene rings is 1. The smallest absolute Gasteiger partial charge is 0.350 e. The predicted octanol–water partition coefficient (Wildman–Crippen LogP) is 4.52. The van der Waals surface area contributed by atoms with Crippen molar-refractivity contribution in [3.63, 3.8) is 0 Å². The summed E-state index contributed by atoms with van der Waals surface area (Å²) in [6.45, 7) is 5.43. The number of benzene rings is 1. The summed E-state index contributed by atoms with van der Waals surface area (Å²) in [5, 5.41) is 8.02. The number of amides is 1. The molecule has 3 rings (SSSR count). The molecule has 1 N–H and O–H groups in total. The molecule has 1 amide bonds. The van der Waals surface area contributed by atoms with Crippen LogP contribution in [0.15, 0.2) is 36.5 Å². The average Bonchev–Trinajstić information content (AvgIpc) is 3.20. The van der Waals surface area contributed by atoms with Gasteiger partial charge in [-0.1, -0.05) is 29.8 Å². The van der Waals surface area contributed by atoms with Gasteiger partial charge in [-0.25, -0.2) is 9.48 Å². The van der Waals surface area contributed by atoms with E-state index in [-0.39, 0.29) is 6.04 Å². The van der Waals surface area contributed by atoms with Gasteiger partial charge in [0, 0.05) is 22.2 Å². The Hall–Kier alpha value is -2.38. The van der Waals surface area contributed by atoms with Crippen molar-refractivity contribution in [3.05, 3.63) is 46.4 Å².